The van der Waals surface area contributed by atoms with E-state index in [4.69, 9.17) is 6.42 Å². The monoisotopic (exact) mass is 185 g/mol. The smallest absolute Gasteiger partial charge is 0.0599 e. The molecule has 3 heteroatoms. The summed E-state index contributed by atoms with van der Waals surface area (Å²) in [6, 6.07) is 0. The standard InChI is InChI=1S/C9H15NOS/c1-4-5-10-6-7-12(11)9(2,3)8-10/h1H,5-8H2,2-3H3. The number of terminal acetylenes is 1. The van der Waals surface area contributed by atoms with E-state index in [2.05, 4.69) is 10.8 Å². The van der Waals surface area contributed by atoms with Gasteiger partial charge < -0.3 is 0 Å². The maximum atomic E-state index is 11.5. The van der Waals surface area contributed by atoms with Crippen LogP contribution in [0.4, 0.5) is 0 Å². The summed E-state index contributed by atoms with van der Waals surface area (Å²) < 4.78 is 11.4. The van der Waals surface area contributed by atoms with Crippen molar-refractivity contribution in [2.75, 3.05) is 25.4 Å². The summed E-state index contributed by atoms with van der Waals surface area (Å²) in [7, 11) is -0.685. The van der Waals surface area contributed by atoms with Gasteiger partial charge in [-0.1, -0.05) is 5.92 Å². The zero-order valence-corrected chi connectivity index (χ0v) is 8.49. The number of hydrogen-bond donors (Lipinski definition) is 0. The first-order chi connectivity index (χ1) is 5.56. The Morgan fingerprint density at radius 1 is 1.67 bits per heavy atom. The van der Waals surface area contributed by atoms with Gasteiger partial charge in [0.05, 0.1) is 11.3 Å². The van der Waals surface area contributed by atoms with Crippen molar-refractivity contribution in [1.82, 2.24) is 4.90 Å². The van der Waals surface area contributed by atoms with Crippen molar-refractivity contribution in [3.8, 4) is 12.3 Å². The molecule has 1 aliphatic heterocycles. The summed E-state index contributed by atoms with van der Waals surface area (Å²) in [5.41, 5.74) is 0. The van der Waals surface area contributed by atoms with Gasteiger partial charge in [-0.25, -0.2) is 0 Å². The fourth-order valence-corrected chi connectivity index (χ4v) is 2.75. The number of nitrogens with zero attached hydrogens (tertiary/aromatic N) is 1. The van der Waals surface area contributed by atoms with Crippen LogP contribution in [0.3, 0.4) is 0 Å². The van der Waals surface area contributed by atoms with Gasteiger partial charge in [0.15, 0.2) is 0 Å². The number of rotatable bonds is 1. The molecule has 1 atom stereocenters. The van der Waals surface area contributed by atoms with Gasteiger partial charge >= 0.3 is 0 Å². The van der Waals surface area contributed by atoms with Crippen molar-refractivity contribution < 1.29 is 4.21 Å². The van der Waals surface area contributed by atoms with Crippen LogP contribution in [-0.2, 0) is 10.8 Å². The summed E-state index contributed by atoms with van der Waals surface area (Å²) in [4.78, 5) is 2.18. The van der Waals surface area contributed by atoms with Gasteiger partial charge in [-0.05, 0) is 13.8 Å². The van der Waals surface area contributed by atoms with E-state index in [0.717, 1.165) is 18.8 Å². The van der Waals surface area contributed by atoms with Crippen LogP contribution >= 0.6 is 0 Å². The molecule has 1 fully saturated rings. The van der Waals surface area contributed by atoms with Crippen LogP contribution in [0.1, 0.15) is 13.8 Å². The third-order valence-corrected chi connectivity index (χ3v) is 4.04. The first kappa shape index (κ1) is 9.76. The predicted molar refractivity (Wildman–Crippen MR) is 52.4 cm³/mol. The molecule has 0 amide bonds. The Morgan fingerprint density at radius 2 is 2.33 bits per heavy atom. The third-order valence-electron chi connectivity index (χ3n) is 2.13. The minimum Gasteiger partial charge on any atom is -0.290 e. The molecule has 1 unspecified atom stereocenters. The summed E-state index contributed by atoms with van der Waals surface area (Å²) in [6.07, 6.45) is 5.22. The van der Waals surface area contributed by atoms with Crippen LogP contribution in [0.25, 0.3) is 0 Å². The molecule has 1 heterocycles. The van der Waals surface area contributed by atoms with Crippen molar-refractivity contribution in [2.24, 2.45) is 0 Å². The van der Waals surface area contributed by atoms with E-state index >= 15 is 0 Å². The van der Waals surface area contributed by atoms with Crippen LogP contribution < -0.4 is 0 Å². The Bertz CT molecular complexity index is 229. The second-order valence-electron chi connectivity index (χ2n) is 3.72. The average Bonchev–Trinajstić information content (AvgIpc) is 1.97. The van der Waals surface area contributed by atoms with Gasteiger partial charge in [0.2, 0.25) is 0 Å². The van der Waals surface area contributed by atoms with E-state index in [0.29, 0.717) is 6.54 Å². The third kappa shape index (κ3) is 2.09. The van der Waals surface area contributed by atoms with Gasteiger partial charge in [-0.2, -0.15) is 0 Å². The maximum absolute atomic E-state index is 11.5. The molecule has 12 heavy (non-hydrogen) atoms. The second-order valence-corrected chi connectivity index (χ2v) is 5.93. The van der Waals surface area contributed by atoms with Crippen molar-refractivity contribution in [3.05, 3.63) is 0 Å². The minimum absolute atomic E-state index is 0.0882. The molecular weight excluding hydrogens is 170 g/mol. The largest absolute Gasteiger partial charge is 0.290 e. The Labute approximate surface area is 76.8 Å². The highest BCUT2D eigenvalue weighted by molar-refractivity contribution is 7.86. The van der Waals surface area contributed by atoms with Gasteiger partial charge in [0, 0.05) is 29.6 Å². The summed E-state index contributed by atoms with van der Waals surface area (Å²) in [5, 5.41) is 0. The second kappa shape index (κ2) is 3.59. The first-order valence-corrected chi connectivity index (χ1v) is 5.42. The lowest BCUT2D eigenvalue weighted by Gasteiger charge is -2.36. The van der Waals surface area contributed by atoms with Crippen LogP contribution in [-0.4, -0.2) is 39.2 Å². The van der Waals surface area contributed by atoms with Crippen LogP contribution in [0, 0.1) is 12.3 Å². The van der Waals surface area contributed by atoms with Crippen molar-refractivity contribution in [3.63, 3.8) is 0 Å². The zero-order valence-electron chi connectivity index (χ0n) is 7.67. The van der Waals surface area contributed by atoms with Crippen molar-refractivity contribution in [2.45, 2.75) is 18.6 Å². The molecule has 1 saturated heterocycles. The lowest BCUT2D eigenvalue weighted by Crippen LogP contribution is -2.49. The Kier molecular flexibility index (Phi) is 2.92. The van der Waals surface area contributed by atoms with E-state index in [-0.39, 0.29) is 4.75 Å². The predicted octanol–water partition coefficient (Wildman–Crippen LogP) is 0.463. The molecule has 2 nitrogen and oxygen atoms in total. The molecule has 1 aliphatic rings. The lowest BCUT2D eigenvalue weighted by molar-refractivity contribution is 0.285. The van der Waals surface area contributed by atoms with Crippen LogP contribution in [0.5, 0.6) is 0 Å². The highest BCUT2D eigenvalue weighted by Crippen LogP contribution is 2.19. The topological polar surface area (TPSA) is 20.3 Å². The van der Waals surface area contributed by atoms with E-state index in [1.54, 1.807) is 0 Å². The normalized spacial score (nSPS) is 29.6. The van der Waals surface area contributed by atoms with Gasteiger partial charge in [0.25, 0.3) is 0 Å². The molecule has 68 valence electrons. The van der Waals surface area contributed by atoms with Crippen molar-refractivity contribution in [1.29, 1.82) is 0 Å². The van der Waals surface area contributed by atoms with E-state index < -0.39 is 10.8 Å². The average molecular weight is 185 g/mol. The molecule has 0 saturated carbocycles. The molecular formula is C9H15NOS. The molecule has 0 bridgehead atoms. The van der Waals surface area contributed by atoms with Crippen molar-refractivity contribution >= 4 is 10.8 Å². The minimum atomic E-state index is -0.685. The maximum Gasteiger partial charge on any atom is 0.0599 e. The summed E-state index contributed by atoms with van der Waals surface area (Å²) in [5.74, 6) is 3.38. The molecule has 0 radical (unpaired) electrons. The fourth-order valence-electron chi connectivity index (χ4n) is 1.44. The Hall–Kier alpha value is -0.330. The highest BCUT2D eigenvalue weighted by atomic mass is 32.2. The molecule has 0 aromatic rings. The zero-order chi connectivity index (χ0) is 9.19. The van der Waals surface area contributed by atoms with Crippen LogP contribution in [0.2, 0.25) is 0 Å². The fraction of sp³-hybridized carbons (Fsp3) is 0.778. The van der Waals surface area contributed by atoms with E-state index in [9.17, 15) is 4.21 Å². The number of hydrogen-bond acceptors (Lipinski definition) is 2. The van der Waals surface area contributed by atoms with Gasteiger partial charge in [0.1, 0.15) is 0 Å². The van der Waals surface area contributed by atoms with E-state index in [1.807, 2.05) is 13.8 Å². The molecule has 0 aromatic carbocycles. The van der Waals surface area contributed by atoms with Gasteiger partial charge in [-0.3, -0.25) is 9.11 Å². The first-order valence-electron chi connectivity index (χ1n) is 4.10. The molecule has 1 rings (SSSR count). The summed E-state index contributed by atoms with van der Waals surface area (Å²) >= 11 is 0. The van der Waals surface area contributed by atoms with Gasteiger partial charge in [-0.15, -0.1) is 6.42 Å². The Balaban J connectivity index is 2.58. The molecule has 0 spiro atoms. The quantitative estimate of drug-likeness (QED) is 0.553. The molecule has 0 aromatic heterocycles. The highest BCUT2D eigenvalue weighted by Gasteiger charge is 2.32. The molecule has 0 N–H and O–H groups in total. The Morgan fingerprint density at radius 3 is 2.83 bits per heavy atom. The molecule has 0 aliphatic carbocycles. The SMILES string of the molecule is C#CCN1CCS(=O)C(C)(C)C1. The van der Waals surface area contributed by atoms with E-state index in [1.165, 1.54) is 0 Å². The van der Waals surface area contributed by atoms with Crippen LogP contribution in [0.15, 0.2) is 0 Å². The summed E-state index contributed by atoms with van der Waals surface area (Å²) in [6.45, 7) is 6.47. The lowest BCUT2D eigenvalue weighted by atomic mass is 10.2.